The fraction of sp³-hybridized carbons (Fsp3) is 0.333. The SMILES string of the molecule is NC1=N[C@@H](CCc2cc(N3CCCc4ccccc4C3)nc3ccccc23)CO1. The first-order chi connectivity index (χ1) is 14.3. The first kappa shape index (κ1) is 18.0. The van der Waals surface area contributed by atoms with Gasteiger partial charge in [-0.1, -0.05) is 42.5 Å². The number of nitrogens with zero attached hydrogens (tertiary/aromatic N) is 3. The minimum Gasteiger partial charge on any atom is -0.463 e. The number of aliphatic imine (C=N–C) groups is 1. The normalized spacial score (nSPS) is 18.8. The maximum absolute atomic E-state index is 5.67. The number of aromatic nitrogens is 1. The molecule has 0 spiro atoms. The van der Waals surface area contributed by atoms with E-state index in [1.807, 2.05) is 0 Å². The molecule has 0 amide bonds. The maximum atomic E-state index is 5.67. The number of benzene rings is 2. The molecule has 5 nitrogen and oxygen atoms in total. The number of pyridine rings is 1. The molecule has 29 heavy (non-hydrogen) atoms. The van der Waals surface area contributed by atoms with Crippen LogP contribution in [0.2, 0.25) is 0 Å². The first-order valence-electron chi connectivity index (χ1n) is 10.4. The van der Waals surface area contributed by atoms with Crippen LogP contribution in [0.25, 0.3) is 10.9 Å². The second-order valence-corrected chi connectivity index (χ2v) is 7.92. The number of rotatable bonds is 4. The number of ether oxygens (including phenoxy) is 1. The summed E-state index contributed by atoms with van der Waals surface area (Å²) in [6.45, 7) is 2.53. The lowest BCUT2D eigenvalue weighted by Crippen LogP contribution is -2.23. The Morgan fingerprint density at radius 1 is 1.07 bits per heavy atom. The molecule has 0 saturated heterocycles. The lowest BCUT2D eigenvalue weighted by molar-refractivity contribution is 0.308. The van der Waals surface area contributed by atoms with E-state index in [4.69, 9.17) is 15.5 Å². The summed E-state index contributed by atoms with van der Waals surface area (Å²) in [5.74, 6) is 1.07. The molecule has 5 heteroatoms. The van der Waals surface area contributed by atoms with E-state index in [2.05, 4.69) is 64.5 Å². The quantitative estimate of drug-likeness (QED) is 0.740. The predicted molar refractivity (Wildman–Crippen MR) is 117 cm³/mol. The molecule has 1 atom stereocenters. The third kappa shape index (κ3) is 3.77. The van der Waals surface area contributed by atoms with Gasteiger partial charge in [0.15, 0.2) is 0 Å². The summed E-state index contributed by atoms with van der Waals surface area (Å²) in [5, 5.41) is 1.22. The van der Waals surface area contributed by atoms with Crippen molar-refractivity contribution in [3.8, 4) is 0 Å². The van der Waals surface area contributed by atoms with Gasteiger partial charge in [-0.2, -0.15) is 0 Å². The van der Waals surface area contributed by atoms with Crippen molar-refractivity contribution in [2.45, 2.75) is 38.3 Å². The van der Waals surface area contributed by atoms with Gasteiger partial charge in [0.2, 0.25) is 0 Å². The minimum atomic E-state index is 0.149. The molecule has 1 aromatic heterocycles. The van der Waals surface area contributed by atoms with Crippen LogP contribution in [-0.2, 0) is 24.1 Å². The minimum absolute atomic E-state index is 0.149. The summed E-state index contributed by atoms with van der Waals surface area (Å²) in [5.41, 5.74) is 10.9. The van der Waals surface area contributed by atoms with E-state index in [0.717, 1.165) is 50.1 Å². The zero-order valence-corrected chi connectivity index (χ0v) is 16.6. The fourth-order valence-electron chi connectivity index (χ4n) is 4.40. The molecule has 148 valence electrons. The molecule has 0 unspecified atom stereocenters. The Bertz CT molecular complexity index is 1060. The third-order valence-electron chi connectivity index (χ3n) is 5.95. The third-order valence-corrected chi connectivity index (χ3v) is 5.95. The topological polar surface area (TPSA) is 63.7 Å². The molecule has 0 aliphatic carbocycles. The lowest BCUT2D eigenvalue weighted by Gasteiger charge is -2.23. The van der Waals surface area contributed by atoms with Crippen LogP contribution in [0.5, 0.6) is 0 Å². The highest BCUT2D eigenvalue weighted by molar-refractivity contribution is 5.84. The first-order valence-corrected chi connectivity index (χ1v) is 10.4. The van der Waals surface area contributed by atoms with E-state index in [1.54, 1.807) is 0 Å². The van der Waals surface area contributed by atoms with Crippen LogP contribution in [0.15, 0.2) is 59.6 Å². The Labute approximate surface area is 171 Å². The molecule has 2 N–H and O–H groups in total. The number of anilines is 1. The van der Waals surface area contributed by atoms with Crippen molar-refractivity contribution in [2.24, 2.45) is 10.7 Å². The molecular formula is C24H26N4O. The number of hydrogen-bond acceptors (Lipinski definition) is 5. The van der Waals surface area contributed by atoms with Crippen molar-refractivity contribution in [2.75, 3.05) is 18.1 Å². The monoisotopic (exact) mass is 386 g/mol. The molecule has 5 rings (SSSR count). The van der Waals surface area contributed by atoms with E-state index in [0.29, 0.717) is 12.6 Å². The van der Waals surface area contributed by atoms with E-state index in [1.165, 1.54) is 22.1 Å². The largest absolute Gasteiger partial charge is 0.463 e. The van der Waals surface area contributed by atoms with Gasteiger partial charge in [-0.15, -0.1) is 0 Å². The fourth-order valence-corrected chi connectivity index (χ4v) is 4.40. The average Bonchev–Trinajstić information content (AvgIpc) is 3.04. The van der Waals surface area contributed by atoms with Crippen molar-refractivity contribution in [1.82, 2.24) is 4.98 Å². The van der Waals surface area contributed by atoms with E-state index in [9.17, 15) is 0 Å². The number of aryl methyl sites for hydroxylation is 2. The van der Waals surface area contributed by atoms with Crippen molar-refractivity contribution in [3.63, 3.8) is 0 Å². The van der Waals surface area contributed by atoms with Crippen LogP contribution in [0.4, 0.5) is 5.82 Å². The van der Waals surface area contributed by atoms with Crippen molar-refractivity contribution >= 4 is 22.7 Å². The summed E-state index contributed by atoms with van der Waals surface area (Å²) in [7, 11) is 0. The Morgan fingerprint density at radius 2 is 1.90 bits per heavy atom. The zero-order chi connectivity index (χ0) is 19.6. The number of amidine groups is 1. The van der Waals surface area contributed by atoms with Crippen LogP contribution in [0, 0.1) is 0 Å². The van der Waals surface area contributed by atoms with Crippen molar-refractivity contribution in [3.05, 3.63) is 71.3 Å². The lowest BCUT2D eigenvalue weighted by atomic mass is 10.0. The molecule has 0 bridgehead atoms. The van der Waals surface area contributed by atoms with Gasteiger partial charge < -0.3 is 15.4 Å². The van der Waals surface area contributed by atoms with Gasteiger partial charge >= 0.3 is 0 Å². The molecule has 0 saturated carbocycles. The predicted octanol–water partition coefficient (Wildman–Crippen LogP) is 3.83. The van der Waals surface area contributed by atoms with Crippen LogP contribution in [0.1, 0.15) is 29.5 Å². The number of hydrogen-bond donors (Lipinski definition) is 1. The summed E-state index contributed by atoms with van der Waals surface area (Å²) in [4.78, 5) is 11.8. The van der Waals surface area contributed by atoms with E-state index >= 15 is 0 Å². The van der Waals surface area contributed by atoms with Crippen molar-refractivity contribution < 1.29 is 4.74 Å². The van der Waals surface area contributed by atoms with Gasteiger partial charge in [-0.25, -0.2) is 9.98 Å². The summed E-state index contributed by atoms with van der Waals surface area (Å²) in [6.07, 6.45) is 4.14. The van der Waals surface area contributed by atoms with Gasteiger partial charge in [0, 0.05) is 18.5 Å². The van der Waals surface area contributed by atoms with E-state index < -0.39 is 0 Å². The molecule has 3 heterocycles. The Balaban J connectivity index is 1.46. The van der Waals surface area contributed by atoms with Gasteiger partial charge in [0.05, 0.1) is 11.6 Å². The summed E-state index contributed by atoms with van der Waals surface area (Å²) in [6, 6.07) is 20.0. The Kier molecular flexibility index (Phi) is 4.80. The van der Waals surface area contributed by atoms with Gasteiger partial charge in [-0.3, -0.25) is 0 Å². The smallest absolute Gasteiger partial charge is 0.282 e. The number of fused-ring (bicyclic) bond motifs is 2. The molecule has 0 radical (unpaired) electrons. The summed E-state index contributed by atoms with van der Waals surface area (Å²) < 4.78 is 5.31. The highest BCUT2D eigenvalue weighted by atomic mass is 16.5. The molecular weight excluding hydrogens is 360 g/mol. The molecule has 3 aromatic rings. The standard InChI is InChI=1S/C24H26N4O/c25-24-26-20(16-29-24)12-11-18-14-23(27-22-10-4-3-9-21(18)22)28-13-5-8-17-6-1-2-7-19(17)15-28/h1-4,6-7,9-10,14,20H,5,8,11-13,15-16H2,(H2,25,26)/t20-/m0/s1. The van der Waals surface area contributed by atoms with Gasteiger partial charge in [0.1, 0.15) is 12.4 Å². The van der Waals surface area contributed by atoms with Gasteiger partial charge in [0.25, 0.3) is 6.02 Å². The van der Waals surface area contributed by atoms with Crippen molar-refractivity contribution in [1.29, 1.82) is 0 Å². The molecule has 2 aromatic carbocycles. The van der Waals surface area contributed by atoms with Crippen LogP contribution < -0.4 is 10.6 Å². The molecule has 2 aliphatic rings. The Morgan fingerprint density at radius 3 is 2.76 bits per heavy atom. The van der Waals surface area contributed by atoms with Crippen LogP contribution in [0.3, 0.4) is 0 Å². The number of nitrogens with two attached hydrogens (primary N) is 1. The van der Waals surface area contributed by atoms with Crippen LogP contribution in [-0.4, -0.2) is 30.2 Å². The molecule has 2 aliphatic heterocycles. The summed E-state index contributed by atoms with van der Waals surface area (Å²) >= 11 is 0. The van der Waals surface area contributed by atoms with E-state index in [-0.39, 0.29) is 6.04 Å². The molecule has 0 fully saturated rings. The highest BCUT2D eigenvalue weighted by Gasteiger charge is 2.19. The second kappa shape index (κ2) is 7.74. The average molecular weight is 386 g/mol. The van der Waals surface area contributed by atoms with Crippen LogP contribution >= 0.6 is 0 Å². The van der Waals surface area contributed by atoms with Gasteiger partial charge in [-0.05, 0) is 54.5 Å². The number of para-hydroxylation sites is 1. The zero-order valence-electron chi connectivity index (χ0n) is 16.6. The highest BCUT2D eigenvalue weighted by Crippen LogP contribution is 2.28. The Hall–Kier alpha value is -3.08. The maximum Gasteiger partial charge on any atom is 0.282 e. The second-order valence-electron chi connectivity index (χ2n) is 7.92.